The monoisotopic (exact) mass is 331 g/mol. The van der Waals surface area contributed by atoms with Gasteiger partial charge in [0.2, 0.25) is 5.91 Å². The fourth-order valence-electron chi connectivity index (χ4n) is 3.55. The molecule has 1 amide bonds. The molecule has 24 heavy (non-hydrogen) atoms. The maximum Gasteiger partial charge on any atom is 0.237 e. The molecule has 1 heterocycles. The van der Waals surface area contributed by atoms with Gasteiger partial charge in [0.25, 0.3) is 0 Å². The van der Waals surface area contributed by atoms with Crippen LogP contribution in [0.1, 0.15) is 45.2 Å². The van der Waals surface area contributed by atoms with E-state index in [0.717, 1.165) is 23.9 Å². The van der Waals surface area contributed by atoms with E-state index in [1.54, 1.807) is 0 Å². The molecule has 1 aromatic rings. The van der Waals surface area contributed by atoms with Crippen molar-refractivity contribution in [3.05, 3.63) is 35.4 Å². The summed E-state index contributed by atoms with van der Waals surface area (Å²) >= 11 is 0. The second-order valence-corrected chi connectivity index (χ2v) is 7.94. The molecular weight excluding hydrogens is 298 g/mol. The number of nitrogens with one attached hydrogen (secondary N) is 1. The first-order valence-corrected chi connectivity index (χ1v) is 9.18. The lowest BCUT2D eigenvalue weighted by Gasteiger charge is -2.35. The molecule has 134 valence electrons. The molecule has 0 aromatic heterocycles. The summed E-state index contributed by atoms with van der Waals surface area (Å²) in [5.41, 5.74) is 8.31. The number of rotatable bonds is 6. The molecule has 1 aliphatic heterocycles. The molecule has 2 unspecified atom stereocenters. The number of nitrogens with zero attached hydrogens (tertiary/aromatic N) is 1. The molecule has 1 saturated heterocycles. The molecule has 0 aliphatic carbocycles. The number of hydrogen-bond donors (Lipinski definition) is 2. The molecular formula is C20H33N3O. The fourth-order valence-corrected chi connectivity index (χ4v) is 3.55. The van der Waals surface area contributed by atoms with Crippen LogP contribution in [-0.2, 0) is 17.9 Å². The molecule has 3 atom stereocenters. The molecule has 0 bridgehead atoms. The van der Waals surface area contributed by atoms with Gasteiger partial charge in [0.05, 0.1) is 6.04 Å². The predicted octanol–water partition coefficient (Wildman–Crippen LogP) is 2.76. The van der Waals surface area contributed by atoms with E-state index in [4.69, 9.17) is 5.73 Å². The summed E-state index contributed by atoms with van der Waals surface area (Å²) in [5.74, 6) is 1.65. The Morgan fingerprint density at radius 1 is 1.17 bits per heavy atom. The number of amides is 1. The minimum absolute atomic E-state index is 0.0784. The summed E-state index contributed by atoms with van der Waals surface area (Å²) in [7, 11) is 0. The van der Waals surface area contributed by atoms with E-state index < -0.39 is 6.04 Å². The lowest BCUT2D eigenvalue weighted by atomic mass is 9.91. The Bertz CT molecular complexity index is 516. The second kappa shape index (κ2) is 8.63. The van der Waals surface area contributed by atoms with Crippen LogP contribution in [0.15, 0.2) is 24.3 Å². The molecule has 2 rings (SSSR count). The van der Waals surface area contributed by atoms with Crippen LogP contribution in [0, 0.1) is 17.8 Å². The highest BCUT2D eigenvalue weighted by Crippen LogP contribution is 2.22. The van der Waals surface area contributed by atoms with Gasteiger partial charge in [-0.2, -0.15) is 0 Å². The van der Waals surface area contributed by atoms with Crippen LogP contribution in [0.25, 0.3) is 0 Å². The van der Waals surface area contributed by atoms with E-state index in [1.807, 2.05) is 13.8 Å². The van der Waals surface area contributed by atoms with Crippen molar-refractivity contribution in [3.8, 4) is 0 Å². The summed E-state index contributed by atoms with van der Waals surface area (Å²) in [6, 6.07) is 8.12. The van der Waals surface area contributed by atoms with Gasteiger partial charge >= 0.3 is 0 Å². The third-order valence-electron chi connectivity index (χ3n) is 4.86. The molecule has 3 N–H and O–H groups in total. The summed E-state index contributed by atoms with van der Waals surface area (Å²) in [6.45, 7) is 12.5. The fraction of sp³-hybridized carbons (Fsp3) is 0.650. The normalized spacial score (nSPS) is 23.2. The highest BCUT2D eigenvalue weighted by Gasteiger charge is 2.21. The van der Waals surface area contributed by atoms with Crippen LogP contribution < -0.4 is 11.1 Å². The van der Waals surface area contributed by atoms with Crippen molar-refractivity contribution in [3.63, 3.8) is 0 Å². The van der Waals surface area contributed by atoms with Crippen molar-refractivity contribution in [2.45, 2.75) is 53.2 Å². The number of hydrogen-bond acceptors (Lipinski definition) is 3. The average molecular weight is 332 g/mol. The molecule has 1 aromatic carbocycles. The quantitative estimate of drug-likeness (QED) is 0.843. The molecule has 0 radical (unpaired) electrons. The van der Waals surface area contributed by atoms with E-state index in [9.17, 15) is 4.79 Å². The van der Waals surface area contributed by atoms with E-state index in [-0.39, 0.29) is 11.8 Å². The van der Waals surface area contributed by atoms with E-state index >= 15 is 0 Å². The standard InChI is InChI=1S/C20H33N3O/c1-14(2)19(21)20(24)22-10-17-5-7-18(8-6-17)13-23-11-15(3)9-16(4)12-23/h5-8,14-16,19H,9-13,21H2,1-4H3,(H,22,24)/t15?,16?,19-/m0/s1. The Hall–Kier alpha value is -1.39. The molecule has 4 nitrogen and oxygen atoms in total. The van der Waals surface area contributed by atoms with Crippen LogP contribution >= 0.6 is 0 Å². The minimum Gasteiger partial charge on any atom is -0.351 e. The zero-order valence-corrected chi connectivity index (χ0v) is 15.6. The first-order valence-electron chi connectivity index (χ1n) is 9.18. The molecule has 1 fully saturated rings. The van der Waals surface area contributed by atoms with Crippen LogP contribution in [0.5, 0.6) is 0 Å². The Balaban J connectivity index is 1.83. The van der Waals surface area contributed by atoms with Crippen molar-refractivity contribution in [1.29, 1.82) is 0 Å². The Morgan fingerprint density at radius 3 is 2.25 bits per heavy atom. The smallest absolute Gasteiger partial charge is 0.237 e. The lowest BCUT2D eigenvalue weighted by molar-refractivity contribution is -0.123. The number of piperidine rings is 1. The van der Waals surface area contributed by atoms with Crippen molar-refractivity contribution in [1.82, 2.24) is 10.2 Å². The van der Waals surface area contributed by atoms with Crippen LogP contribution in [0.4, 0.5) is 0 Å². The van der Waals surface area contributed by atoms with Gasteiger partial charge in [0.15, 0.2) is 0 Å². The number of carbonyl (C=O) groups is 1. The molecule has 1 aliphatic rings. The van der Waals surface area contributed by atoms with Crippen LogP contribution in [0.2, 0.25) is 0 Å². The van der Waals surface area contributed by atoms with Gasteiger partial charge in [-0.3, -0.25) is 9.69 Å². The Morgan fingerprint density at radius 2 is 1.71 bits per heavy atom. The highest BCUT2D eigenvalue weighted by atomic mass is 16.2. The Kier molecular flexibility index (Phi) is 6.81. The number of nitrogens with two attached hydrogens (primary N) is 1. The zero-order valence-electron chi connectivity index (χ0n) is 15.6. The van der Waals surface area contributed by atoms with E-state index in [0.29, 0.717) is 6.54 Å². The summed E-state index contributed by atoms with van der Waals surface area (Å²) in [4.78, 5) is 14.5. The third-order valence-corrected chi connectivity index (χ3v) is 4.86. The predicted molar refractivity (Wildman–Crippen MR) is 99.3 cm³/mol. The van der Waals surface area contributed by atoms with E-state index in [2.05, 4.69) is 48.3 Å². The number of benzene rings is 1. The largest absolute Gasteiger partial charge is 0.351 e. The number of likely N-dealkylation sites (tertiary alicyclic amines) is 1. The maximum atomic E-state index is 11.9. The lowest BCUT2D eigenvalue weighted by Crippen LogP contribution is -2.43. The van der Waals surface area contributed by atoms with Gasteiger partial charge in [0, 0.05) is 26.2 Å². The van der Waals surface area contributed by atoms with Gasteiger partial charge in [-0.05, 0) is 35.3 Å². The van der Waals surface area contributed by atoms with Gasteiger partial charge in [-0.15, -0.1) is 0 Å². The molecule has 0 spiro atoms. The third kappa shape index (κ3) is 5.60. The van der Waals surface area contributed by atoms with Gasteiger partial charge in [-0.25, -0.2) is 0 Å². The summed E-state index contributed by atoms with van der Waals surface area (Å²) in [5, 5.41) is 2.92. The highest BCUT2D eigenvalue weighted by molar-refractivity contribution is 5.81. The average Bonchev–Trinajstić information content (AvgIpc) is 2.52. The second-order valence-electron chi connectivity index (χ2n) is 7.94. The maximum absolute atomic E-state index is 11.9. The number of carbonyl (C=O) groups excluding carboxylic acids is 1. The SMILES string of the molecule is CC1CC(C)CN(Cc2ccc(CNC(=O)[C@@H](N)C(C)C)cc2)C1. The first-order chi connectivity index (χ1) is 11.3. The van der Waals surface area contributed by atoms with Crippen molar-refractivity contribution in [2.24, 2.45) is 23.5 Å². The van der Waals surface area contributed by atoms with Gasteiger partial charge in [-0.1, -0.05) is 52.0 Å². The van der Waals surface area contributed by atoms with Crippen molar-refractivity contribution in [2.75, 3.05) is 13.1 Å². The van der Waals surface area contributed by atoms with Crippen molar-refractivity contribution >= 4 is 5.91 Å². The van der Waals surface area contributed by atoms with Crippen LogP contribution in [-0.4, -0.2) is 29.9 Å². The molecule has 0 saturated carbocycles. The summed E-state index contributed by atoms with van der Waals surface area (Å²) < 4.78 is 0. The van der Waals surface area contributed by atoms with Crippen LogP contribution in [0.3, 0.4) is 0 Å². The Labute approximate surface area is 146 Å². The zero-order chi connectivity index (χ0) is 17.7. The first kappa shape index (κ1) is 18.9. The minimum atomic E-state index is -0.438. The van der Waals surface area contributed by atoms with E-state index in [1.165, 1.54) is 25.1 Å². The topological polar surface area (TPSA) is 58.4 Å². The van der Waals surface area contributed by atoms with Gasteiger partial charge in [0.1, 0.15) is 0 Å². The van der Waals surface area contributed by atoms with Crippen molar-refractivity contribution < 1.29 is 4.79 Å². The molecule has 4 heteroatoms. The van der Waals surface area contributed by atoms with Gasteiger partial charge < -0.3 is 11.1 Å². The summed E-state index contributed by atoms with van der Waals surface area (Å²) in [6.07, 6.45) is 1.34.